The lowest BCUT2D eigenvalue weighted by Crippen LogP contribution is -2.24. The lowest BCUT2D eigenvalue weighted by atomic mass is 9.93. The Morgan fingerprint density at radius 1 is 0.741 bits per heavy atom. The minimum atomic E-state index is -0.367. The Morgan fingerprint density at radius 3 is 1.56 bits per heavy atom. The number of hydrogen-bond donors (Lipinski definition) is 2. The molecule has 0 amide bonds. The molecule has 0 bridgehead atoms. The number of aliphatic hydroxyl groups is 2. The van der Waals surface area contributed by atoms with Gasteiger partial charge in [-0.25, -0.2) is 0 Å². The molecule has 0 aliphatic carbocycles. The average Bonchev–Trinajstić information content (AvgIpc) is 2.65. The van der Waals surface area contributed by atoms with Gasteiger partial charge in [0.05, 0.1) is 37.3 Å². The molecule has 0 aromatic rings. The molecule has 0 saturated carbocycles. The zero-order chi connectivity index (χ0) is 19.5. The second kappa shape index (κ2) is 12.3. The lowest BCUT2D eigenvalue weighted by molar-refractivity contribution is -0.154. The number of hydrogen-bond acceptors (Lipinski definition) is 6. The highest BCUT2D eigenvalue weighted by Crippen LogP contribution is 2.23. The van der Waals surface area contributed by atoms with Crippen LogP contribution < -0.4 is 0 Å². The molecule has 2 saturated heterocycles. The van der Waals surface area contributed by atoms with E-state index in [0.717, 1.165) is 57.8 Å². The Bertz CT molecular complexity index is 412. The molecule has 0 radical (unpaired) electrons. The first-order valence-corrected chi connectivity index (χ1v) is 10.8. The summed E-state index contributed by atoms with van der Waals surface area (Å²) in [6.07, 6.45) is 9.76. The number of carbonyl (C=O) groups is 2. The van der Waals surface area contributed by atoms with Crippen molar-refractivity contribution in [2.75, 3.05) is 13.2 Å². The van der Waals surface area contributed by atoms with Crippen molar-refractivity contribution in [3.05, 3.63) is 0 Å². The van der Waals surface area contributed by atoms with Crippen LogP contribution in [0.4, 0.5) is 0 Å². The molecule has 2 rings (SSSR count). The molecule has 0 spiro atoms. The number of rotatable bonds is 12. The fraction of sp³-hybridized carbons (Fsp3) is 0.905. The van der Waals surface area contributed by atoms with Crippen LogP contribution >= 0.6 is 0 Å². The van der Waals surface area contributed by atoms with Crippen molar-refractivity contribution in [3.8, 4) is 0 Å². The molecule has 2 N–H and O–H groups in total. The minimum Gasteiger partial charge on any atom is -0.465 e. The molecule has 156 valence electrons. The van der Waals surface area contributed by atoms with Gasteiger partial charge in [-0.3, -0.25) is 9.59 Å². The summed E-state index contributed by atoms with van der Waals surface area (Å²) < 4.78 is 10.1. The summed E-state index contributed by atoms with van der Waals surface area (Å²) in [5, 5.41) is 20.2. The van der Waals surface area contributed by atoms with Crippen LogP contribution in [0.15, 0.2) is 0 Å². The quantitative estimate of drug-likeness (QED) is 0.502. The summed E-state index contributed by atoms with van der Waals surface area (Å²) in [4.78, 5) is 23.2. The monoisotopic (exact) mass is 384 g/mol. The molecule has 6 nitrogen and oxygen atoms in total. The Hall–Kier alpha value is -1.14. The van der Waals surface area contributed by atoms with Crippen LogP contribution in [-0.4, -0.2) is 47.6 Å². The molecule has 2 fully saturated rings. The highest BCUT2D eigenvalue weighted by Gasteiger charge is 2.24. The van der Waals surface area contributed by atoms with E-state index in [2.05, 4.69) is 0 Å². The van der Waals surface area contributed by atoms with E-state index in [1.807, 2.05) is 0 Å². The van der Waals surface area contributed by atoms with Gasteiger partial charge < -0.3 is 19.7 Å². The zero-order valence-corrected chi connectivity index (χ0v) is 16.4. The lowest BCUT2D eigenvalue weighted by Gasteiger charge is -2.21. The summed E-state index contributed by atoms with van der Waals surface area (Å²) >= 11 is 0. The van der Waals surface area contributed by atoms with Gasteiger partial charge in [-0.2, -0.15) is 0 Å². The Labute approximate surface area is 162 Å². The summed E-state index contributed by atoms with van der Waals surface area (Å²) in [6, 6.07) is 0. The standard InChI is InChI=1S/C21H36O6/c22-18(10-1-6-16-8-4-14-26-20(16)24)12-3-13-19(23)11-2-7-17-9-5-15-27-21(17)25/h16-19,22-23H,1-15H2. The van der Waals surface area contributed by atoms with E-state index >= 15 is 0 Å². The fourth-order valence-electron chi connectivity index (χ4n) is 4.08. The van der Waals surface area contributed by atoms with Crippen molar-refractivity contribution >= 4 is 11.9 Å². The third-order valence-corrected chi connectivity index (χ3v) is 5.80. The van der Waals surface area contributed by atoms with Gasteiger partial charge in [-0.15, -0.1) is 0 Å². The zero-order valence-electron chi connectivity index (χ0n) is 16.4. The van der Waals surface area contributed by atoms with Gasteiger partial charge in [0.1, 0.15) is 0 Å². The average molecular weight is 385 g/mol. The van der Waals surface area contributed by atoms with E-state index in [1.54, 1.807) is 0 Å². The SMILES string of the molecule is O=C1OCCCC1CCCC(O)CCCC(O)CCCC1CCCOC1=O. The normalized spacial score (nSPS) is 25.6. The van der Waals surface area contributed by atoms with Gasteiger partial charge in [0, 0.05) is 0 Å². The maximum Gasteiger partial charge on any atom is 0.308 e. The van der Waals surface area contributed by atoms with Crippen molar-refractivity contribution in [1.29, 1.82) is 0 Å². The van der Waals surface area contributed by atoms with Crippen molar-refractivity contribution in [2.24, 2.45) is 11.8 Å². The van der Waals surface area contributed by atoms with Crippen LogP contribution in [-0.2, 0) is 19.1 Å². The molecular formula is C21H36O6. The third-order valence-electron chi connectivity index (χ3n) is 5.80. The minimum absolute atomic E-state index is 0.00854. The fourth-order valence-corrected chi connectivity index (χ4v) is 4.08. The summed E-state index contributed by atoms with van der Waals surface area (Å²) in [5.41, 5.74) is 0. The number of carbonyl (C=O) groups excluding carboxylic acids is 2. The molecule has 6 heteroatoms. The predicted molar refractivity (Wildman–Crippen MR) is 101 cm³/mol. The van der Waals surface area contributed by atoms with Gasteiger partial charge in [0.15, 0.2) is 0 Å². The molecule has 2 heterocycles. The number of esters is 2. The van der Waals surface area contributed by atoms with Crippen molar-refractivity contribution in [1.82, 2.24) is 0 Å². The van der Waals surface area contributed by atoms with Gasteiger partial charge in [0.25, 0.3) is 0 Å². The molecule has 2 aliphatic rings. The van der Waals surface area contributed by atoms with Crippen molar-refractivity contribution in [2.45, 2.75) is 95.7 Å². The predicted octanol–water partition coefficient (Wildman–Crippen LogP) is 3.13. The summed E-state index contributed by atoms with van der Waals surface area (Å²) in [7, 11) is 0. The van der Waals surface area contributed by atoms with Crippen LogP contribution in [0.25, 0.3) is 0 Å². The van der Waals surface area contributed by atoms with E-state index in [1.165, 1.54) is 0 Å². The first kappa shape index (κ1) is 22.2. The topological polar surface area (TPSA) is 93.1 Å². The molecular weight excluding hydrogens is 348 g/mol. The van der Waals surface area contributed by atoms with Gasteiger partial charge >= 0.3 is 11.9 Å². The van der Waals surface area contributed by atoms with E-state index < -0.39 is 0 Å². The van der Waals surface area contributed by atoms with Crippen LogP contribution in [0.5, 0.6) is 0 Å². The third kappa shape index (κ3) is 8.60. The Kier molecular flexibility index (Phi) is 10.1. The van der Waals surface area contributed by atoms with Gasteiger partial charge in [0.2, 0.25) is 0 Å². The maximum atomic E-state index is 11.6. The van der Waals surface area contributed by atoms with E-state index in [-0.39, 0.29) is 36.0 Å². The number of ether oxygens (including phenoxy) is 2. The molecule has 27 heavy (non-hydrogen) atoms. The van der Waals surface area contributed by atoms with E-state index in [4.69, 9.17) is 9.47 Å². The first-order chi connectivity index (χ1) is 13.1. The largest absolute Gasteiger partial charge is 0.465 e. The number of aliphatic hydroxyl groups excluding tert-OH is 2. The molecule has 2 aliphatic heterocycles. The van der Waals surface area contributed by atoms with Crippen LogP contribution in [0.3, 0.4) is 0 Å². The van der Waals surface area contributed by atoms with E-state index in [9.17, 15) is 19.8 Å². The highest BCUT2D eigenvalue weighted by atomic mass is 16.5. The van der Waals surface area contributed by atoms with Crippen LogP contribution in [0.1, 0.15) is 83.5 Å². The number of cyclic esters (lactones) is 2. The van der Waals surface area contributed by atoms with Crippen LogP contribution in [0, 0.1) is 11.8 Å². The van der Waals surface area contributed by atoms with E-state index in [0.29, 0.717) is 38.9 Å². The Morgan fingerprint density at radius 2 is 1.15 bits per heavy atom. The van der Waals surface area contributed by atoms with Gasteiger partial charge in [-0.05, 0) is 70.6 Å². The Balaban J connectivity index is 1.46. The first-order valence-electron chi connectivity index (χ1n) is 10.8. The molecule has 0 aromatic carbocycles. The summed E-state index contributed by atoms with van der Waals surface area (Å²) in [5.74, 6) is -0.149. The maximum absolute atomic E-state index is 11.6. The van der Waals surface area contributed by atoms with Crippen LogP contribution in [0.2, 0.25) is 0 Å². The molecule has 4 unspecified atom stereocenters. The summed E-state index contributed by atoms with van der Waals surface area (Å²) in [6.45, 7) is 1.09. The second-order valence-electron chi connectivity index (χ2n) is 8.11. The van der Waals surface area contributed by atoms with Crippen molar-refractivity contribution < 1.29 is 29.3 Å². The molecule has 4 atom stereocenters. The second-order valence-corrected chi connectivity index (χ2v) is 8.11. The van der Waals surface area contributed by atoms with Gasteiger partial charge in [-0.1, -0.05) is 12.8 Å². The van der Waals surface area contributed by atoms with Crippen molar-refractivity contribution in [3.63, 3.8) is 0 Å². The smallest absolute Gasteiger partial charge is 0.308 e. The molecule has 0 aromatic heterocycles. The highest BCUT2D eigenvalue weighted by molar-refractivity contribution is 5.73.